The van der Waals surface area contributed by atoms with Crippen LogP contribution in [0.3, 0.4) is 0 Å². The van der Waals surface area contributed by atoms with Crippen LogP contribution < -0.4 is 5.32 Å². The van der Waals surface area contributed by atoms with Gasteiger partial charge in [-0.1, -0.05) is 30.0 Å². The maximum atomic E-state index is 11.6. The Morgan fingerprint density at radius 3 is 2.78 bits per heavy atom. The van der Waals surface area contributed by atoms with Crippen LogP contribution >= 0.6 is 23.1 Å². The van der Waals surface area contributed by atoms with E-state index in [4.69, 9.17) is 0 Å². The lowest BCUT2D eigenvalue weighted by Crippen LogP contribution is -2.56. The third kappa shape index (κ3) is 2.84. The highest BCUT2D eigenvalue weighted by Crippen LogP contribution is 2.42. The Labute approximate surface area is 114 Å². The van der Waals surface area contributed by atoms with Crippen LogP contribution in [-0.2, 0) is 4.79 Å². The lowest BCUT2D eigenvalue weighted by molar-refractivity contribution is -0.144. The lowest BCUT2D eigenvalue weighted by Gasteiger charge is -2.29. The molecule has 7 heteroatoms. The van der Waals surface area contributed by atoms with E-state index in [2.05, 4.69) is 15.5 Å². The molecule has 1 aliphatic rings. The normalized spacial score (nSPS) is 18.6. The van der Waals surface area contributed by atoms with Gasteiger partial charge >= 0.3 is 5.97 Å². The second-order valence-electron chi connectivity index (χ2n) is 4.46. The van der Waals surface area contributed by atoms with Crippen molar-refractivity contribution in [1.29, 1.82) is 0 Å². The van der Waals surface area contributed by atoms with Crippen molar-refractivity contribution in [2.24, 2.45) is 5.92 Å². The van der Waals surface area contributed by atoms with Gasteiger partial charge in [-0.05, 0) is 32.2 Å². The van der Waals surface area contributed by atoms with Crippen molar-refractivity contribution in [3.8, 4) is 0 Å². The van der Waals surface area contributed by atoms with Crippen molar-refractivity contribution in [2.45, 2.75) is 36.6 Å². The molecule has 1 fully saturated rings. The third-order valence-corrected chi connectivity index (χ3v) is 5.24. The zero-order valence-electron chi connectivity index (χ0n) is 10.5. The van der Waals surface area contributed by atoms with Crippen molar-refractivity contribution in [3.05, 3.63) is 5.01 Å². The highest BCUT2D eigenvalue weighted by atomic mass is 32.2. The molecule has 1 aliphatic carbocycles. The van der Waals surface area contributed by atoms with Crippen LogP contribution in [0.5, 0.6) is 0 Å². The minimum atomic E-state index is -0.807. The number of carboxylic acids is 1. The number of hydrogen-bond donors (Lipinski definition) is 2. The number of aliphatic carboxylic acids is 1. The number of thioether (sulfide) groups is 1. The first-order chi connectivity index (χ1) is 8.58. The van der Waals surface area contributed by atoms with Gasteiger partial charge in [0, 0.05) is 5.75 Å². The molecule has 1 aromatic heterocycles. The smallest absolute Gasteiger partial charge is 0.325 e. The van der Waals surface area contributed by atoms with Crippen molar-refractivity contribution in [2.75, 3.05) is 12.3 Å². The second kappa shape index (κ2) is 5.54. The molecule has 1 saturated carbocycles. The summed E-state index contributed by atoms with van der Waals surface area (Å²) in [5, 5.41) is 21.6. The van der Waals surface area contributed by atoms with E-state index in [1.54, 1.807) is 0 Å². The molecule has 0 saturated heterocycles. The van der Waals surface area contributed by atoms with Crippen LogP contribution in [0.2, 0.25) is 0 Å². The van der Waals surface area contributed by atoms with Crippen LogP contribution in [0.4, 0.5) is 0 Å². The molecule has 0 bridgehead atoms. The number of nitrogens with zero attached hydrogens (tertiary/aromatic N) is 2. The van der Waals surface area contributed by atoms with Crippen molar-refractivity contribution < 1.29 is 9.90 Å². The molecular formula is C11H17N3O2S2. The van der Waals surface area contributed by atoms with E-state index in [1.807, 2.05) is 13.8 Å². The van der Waals surface area contributed by atoms with Crippen molar-refractivity contribution in [3.63, 3.8) is 0 Å². The molecule has 1 aromatic rings. The number of carbonyl (C=O) groups is 1. The van der Waals surface area contributed by atoms with Gasteiger partial charge in [0.25, 0.3) is 0 Å². The second-order valence-corrected chi connectivity index (χ2v) is 6.86. The Kier molecular flexibility index (Phi) is 4.24. The number of nitrogens with one attached hydrogen (secondary N) is 1. The number of aryl methyl sites for hydroxylation is 1. The van der Waals surface area contributed by atoms with Crippen molar-refractivity contribution in [1.82, 2.24) is 15.5 Å². The van der Waals surface area contributed by atoms with Gasteiger partial charge in [0.2, 0.25) is 0 Å². The molecule has 1 atom stereocenters. The first-order valence-corrected chi connectivity index (χ1v) is 7.80. The van der Waals surface area contributed by atoms with Gasteiger partial charge in [-0.2, -0.15) is 0 Å². The molecule has 0 amide bonds. The summed E-state index contributed by atoms with van der Waals surface area (Å²) < 4.78 is 0.844. The quantitative estimate of drug-likeness (QED) is 0.745. The minimum absolute atomic E-state index is 0.247. The highest BCUT2D eigenvalue weighted by Gasteiger charge is 2.50. The molecule has 1 heterocycles. The molecule has 0 spiro atoms. The molecule has 1 unspecified atom stereocenters. The van der Waals surface area contributed by atoms with Gasteiger partial charge < -0.3 is 10.4 Å². The largest absolute Gasteiger partial charge is 0.480 e. The van der Waals surface area contributed by atoms with E-state index in [1.165, 1.54) is 23.1 Å². The van der Waals surface area contributed by atoms with E-state index < -0.39 is 11.5 Å². The Bertz CT molecular complexity index is 434. The van der Waals surface area contributed by atoms with Crippen LogP contribution in [-0.4, -0.2) is 39.1 Å². The molecule has 0 aromatic carbocycles. The average molecular weight is 287 g/mol. The first kappa shape index (κ1) is 13.8. The molecule has 0 radical (unpaired) electrons. The fraction of sp³-hybridized carbons (Fsp3) is 0.727. The monoisotopic (exact) mass is 287 g/mol. The zero-order valence-corrected chi connectivity index (χ0v) is 12.1. The molecule has 18 heavy (non-hydrogen) atoms. The van der Waals surface area contributed by atoms with E-state index in [9.17, 15) is 9.90 Å². The fourth-order valence-electron chi connectivity index (χ4n) is 2.03. The predicted molar refractivity (Wildman–Crippen MR) is 72.1 cm³/mol. The van der Waals surface area contributed by atoms with Gasteiger partial charge in [-0.3, -0.25) is 4.79 Å². The summed E-state index contributed by atoms with van der Waals surface area (Å²) in [6, 6.07) is 0. The van der Waals surface area contributed by atoms with Crippen LogP contribution in [0.15, 0.2) is 4.34 Å². The predicted octanol–water partition coefficient (Wildman–Crippen LogP) is 1.78. The SMILES string of the molecule is CCNC(CSc1nnc(C)s1)(C(=O)O)C1CC1. The molecule has 100 valence electrons. The Morgan fingerprint density at radius 1 is 1.61 bits per heavy atom. The van der Waals surface area contributed by atoms with Gasteiger partial charge in [-0.15, -0.1) is 10.2 Å². The van der Waals surface area contributed by atoms with Gasteiger partial charge in [0.1, 0.15) is 10.5 Å². The van der Waals surface area contributed by atoms with Crippen LogP contribution in [0, 0.1) is 12.8 Å². The standard InChI is InChI=1S/C11H17N3O2S2/c1-3-12-11(9(15)16,8-4-5-8)6-17-10-14-13-7(2)18-10/h8,12H,3-6H2,1-2H3,(H,15,16). The van der Waals surface area contributed by atoms with E-state index in [0.717, 1.165) is 22.2 Å². The van der Waals surface area contributed by atoms with Gasteiger partial charge in [0.15, 0.2) is 4.34 Å². The summed E-state index contributed by atoms with van der Waals surface area (Å²) in [6.07, 6.45) is 1.99. The summed E-state index contributed by atoms with van der Waals surface area (Å²) in [6.45, 7) is 4.51. The Hall–Kier alpha value is -0.660. The molecule has 0 aliphatic heterocycles. The first-order valence-electron chi connectivity index (χ1n) is 6.00. The fourth-order valence-corrected chi connectivity index (χ4v) is 4.13. The average Bonchev–Trinajstić information content (AvgIpc) is 3.08. The number of likely N-dealkylation sites (N-methyl/N-ethyl adjacent to an activating group) is 1. The minimum Gasteiger partial charge on any atom is -0.480 e. The number of aromatic nitrogens is 2. The molecular weight excluding hydrogens is 270 g/mol. The van der Waals surface area contributed by atoms with Crippen LogP contribution in [0.25, 0.3) is 0 Å². The highest BCUT2D eigenvalue weighted by molar-refractivity contribution is 8.01. The summed E-state index contributed by atoms with van der Waals surface area (Å²) in [5.74, 6) is 0.00667. The number of rotatable bonds is 7. The summed E-state index contributed by atoms with van der Waals surface area (Å²) in [5.41, 5.74) is -0.807. The maximum absolute atomic E-state index is 11.6. The maximum Gasteiger partial charge on any atom is 0.325 e. The lowest BCUT2D eigenvalue weighted by atomic mass is 9.96. The van der Waals surface area contributed by atoms with E-state index in [0.29, 0.717) is 12.3 Å². The molecule has 2 rings (SSSR count). The topological polar surface area (TPSA) is 75.1 Å². The van der Waals surface area contributed by atoms with Gasteiger partial charge in [0.05, 0.1) is 0 Å². The third-order valence-electron chi connectivity index (χ3n) is 3.08. The molecule has 2 N–H and O–H groups in total. The van der Waals surface area contributed by atoms with Gasteiger partial charge in [-0.25, -0.2) is 0 Å². The summed E-state index contributed by atoms with van der Waals surface area (Å²) in [7, 11) is 0. The summed E-state index contributed by atoms with van der Waals surface area (Å²) in [4.78, 5) is 11.6. The van der Waals surface area contributed by atoms with Crippen molar-refractivity contribution >= 4 is 29.1 Å². The summed E-state index contributed by atoms with van der Waals surface area (Å²) >= 11 is 3.00. The van der Waals surface area contributed by atoms with E-state index in [-0.39, 0.29) is 5.92 Å². The zero-order chi connectivity index (χ0) is 13.2. The Balaban J connectivity index is 2.07. The Morgan fingerprint density at radius 2 is 2.33 bits per heavy atom. The van der Waals surface area contributed by atoms with Crippen LogP contribution in [0.1, 0.15) is 24.8 Å². The molecule has 5 nitrogen and oxygen atoms in total. The van der Waals surface area contributed by atoms with E-state index >= 15 is 0 Å². The number of carboxylic acid groups (broad SMARTS) is 1. The number of hydrogen-bond acceptors (Lipinski definition) is 6.